The van der Waals surface area contributed by atoms with Crippen LogP contribution in [0, 0.1) is 17.1 Å². The molecule has 0 fully saturated rings. The number of nitriles is 1. The summed E-state index contributed by atoms with van der Waals surface area (Å²) in [5, 5.41) is 11.1. The molecular formula is C12H14FN3O. The molecule has 1 N–H and O–H groups in total. The van der Waals surface area contributed by atoms with E-state index in [0.29, 0.717) is 12.2 Å². The number of hydrogen-bond acceptors (Lipinski definition) is 3. The summed E-state index contributed by atoms with van der Waals surface area (Å²) in [5.74, 6) is -0.676. The molecule has 1 amide bonds. The molecule has 0 aliphatic rings. The fourth-order valence-electron chi connectivity index (χ4n) is 1.45. The number of nitrogens with zero attached hydrogens (tertiary/aromatic N) is 2. The van der Waals surface area contributed by atoms with Gasteiger partial charge >= 0.3 is 0 Å². The highest BCUT2D eigenvalue weighted by Crippen LogP contribution is 2.19. The average molecular weight is 235 g/mol. The highest BCUT2D eigenvalue weighted by Gasteiger charge is 2.13. The van der Waals surface area contributed by atoms with Crippen molar-refractivity contribution in [2.45, 2.75) is 6.92 Å². The molecule has 5 heteroatoms. The van der Waals surface area contributed by atoms with Crippen LogP contribution in [-0.4, -0.2) is 26.0 Å². The number of benzene rings is 1. The zero-order chi connectivity index (χ0) is 12.8. The Kier molecular flexibility index (Phi) is 4.46. The van der Waals surface area contributed by atoms with Crippen LogP contribution in [0.25, 0.3) is 0 Å². The van der Waals surface area contributed by atoms with Crippen LogP contribution < -0.4 is 10.2 Å². The van der Waals surface area contributed by atoms with Gasteiger partial charge in [-0.3, -0.25) is 4.79 Å². The standard InChI is InChI=1S/C12H14FN3O/c1-3-16(8-12(17)15-2)11-5-4-9(7-14)6-10(11)13/h4-6H,3,8H2,1-2H3,(H,15,17). The van der Waals surface area contributed by atoms with Gasteiger partial charge in [-0.05, 0) is 25.1 Å². The molecule has 90 valence electrons. The molecule has 0 radical (unpaired) electrons. The topological polar surface area (TPSA) is 56.1 Å². The normalized spacial score (nSPS) is 9.53. The van der Waals surface area contributed by atoms with E-state index in [9.17, 15) is 9.18 Å². The lowest BCUT2D eigenvalue weighted by Crippen LogP contribution is -2.35. The number of carbonyl (C=O) groups excluding carboxylic acids is 1. The number of rotatable bonds is 4. The molecule has 0 unspecified atom stereocenters. The van der Waals surface area contributed by atoms with E-state index in [4.69, 9.17) is 5.26 Å². The average Bonchev–Trinajstić information content (AvgIpc) is 2.35. The lowest BCUT2D eigenvalue weighted by molar-refractivity contribution is -0.119. The molecule has 0 heterocycles. The van der Waals surface area contributed by atoms with E-state index in [1.54, 1.807) is 4.90 Å². The number of hydrogen-bond donors (Lipinski definition) is 1. The van der Waals surface area contributed by atoms with Gasteiger partial charge in [0.2, 0.25) is 5.91 Å². The van der Waals surface area contributed by atoms with Crippen molar-refractivity contribution in [2.75, 3.05) is 25.0 Å². The summed E-state index contributed by atoms with van der Waals surface area (Å²) in [6.07, 6.45) is 0. The minimum atomic E-state index is -0.491. The summed E-state index contributed by atoms with van der Waals surface area (Å²) in [4.78, 5) is 12.9. The maximum atomic E-state index is 13.7. The van der Waals surface area contributed by atoms with Crippen LogP contribution >= 0.6 is 0 Å². The molecule has 0 bridgehead atoms. The van der Waals surface area contributed by atoms with Crippen molar-refractivity contribution in [1.29, 1.82) is 5.26 Å². The Labute approximate surface area is 99.7 Å². The van der Waals surface area contributed by atoms with E-state index in [0.717, 1.165) is 0 Å². The fraction of sp³-hybridized carbons (Fsp3) is 0.333. The second-order valence-corrected chi connectivity index (χ2v) is 3.47. The van der Waals surface area contributed by atoms with Crippen LogP contribution in [0.15, 0.2) is 18.2 Å². The molecule has 1 aromatic rings. The quantitative estimate of drug-likeness (QED) is 0.855. The molecule has 0 saturated heterocycles. The van der Waals surface area contributed by atoms with Gasteiger partial charge in [0.1, 0.15) is 5.82 Å². The summed E-state index contributed by atoms with van der Waals surface area (Å²) in [6, 6.07) is 6.08. The molecule has 0 aromatic heterocycles. The number of carbonyl (C=O) groups is 1. The van der Waals surface area contributed by atoms with Crippen LogP contribution in [0.3, 0.4) is 0 Å². The molecule has 4 nitrogen and oxygen atoms in total. The fourth-order valence-corrected chi connectivity index (χ4v) is 1.45. The van der Waals surface area contributed by atoms with E-state index < -0.39 is 5.82 Å². The predicted octanol–water partition coefficient (Wildman–Crippen LogP) is 1.27. The SMILES string of the molecule is CCN(CC(=O)NC)c1ccc(C#N)cc1F. The van der Waals surface area contributed by atoms with Crippen LogP contribution in [0.2, 0.25) is 0 Å². The van der Waals surface area contributed by atoms with Crippen LogP contribution in [0.1, 0.15) is 12.5 Å². The molecule has 1 rings (SSSR count). The Morgan fingerprint density at radius 2 is 2.29 bits per heavy atom. The van der Waals surface area contributed by atoms with Crippen LogP contribution in [0.5, 0.6) is 0 Å². The first-order chi connectivity index (χ1) is 8.12. The Morgan fingerprint density at radius 3 is 2.76 bits per heavy atom. The number of likely N-dealkylation sites (N-methyl/N-ethyl adjacent to an activating group) is 2. The smallest absolute Gasteiger partial charge is 0.239 e. The number of amides is 1. The molecule has 0 aliphatic heterocycles. The van der Waals surface area contributed by atoms with Crippen molar-refractivity contribution < 1.29 is 9.18 Å². The molecule has 0 aliphatic carbocycles. The number of nitrogens with one attached hydrogen (secondary N) is 1. The van der Waals surface area contributed by atoms with Gasteiger partial charge in [0.25, 0.3) is 0 Å². The maximum Gasteiger partial charge on any atom is 0.239 e. The highest BCUT2D eigenvalue weighted by atomic mass is 19.1. The highest BCUT2D eigenvalue weighted by molar-refractivity contribution is 5.81. The van der Waals surface area contributed by atoms with Gasteiger partial charge in [0.05, 0.1) is 23.9 Å². The summed E-state index contributed by atoms with van der Waals surface area (Å²) in [5.41, 5.74) is 0.595. The molecule has 0 atom stereocenters. The van der Waals surface area contributed by atoms with Gasteiger partial charge in [-0.15, -0.1) is 0 Å². The van der Waals surface area contributed by atoms with Gasteiger partial charge in [-0.25, -0.2) is 4.39 Å². The van der Waals surface area contributed by atoms with Crippen molar-refractivity contribution in [3.8, 4) is 6.07 Å². The van der Waals surface area contributed by atoms with Crippen molar-refractivity contribution in [2.24, 2.45) is 0 Å². The third-order valence-electron chi connectivity index (χ3n) is 2.41. The lowest BCUT2D eigenvalue weighted by Gasteiger charge is -2.22. The van der Waals surface area contributed by atoms with Crippen LogP contribution in [0.4, 0.5) is 10.1 Å². The van der Waals surface area contributed by atoms with Gasteiger partial charge in [-0.2, -0.15) is 5.26 Å². The lowest BCUT2D eigenvalue weighted by atomic mass is 10.2. The van der Waals surface area contributed by atoms with E-state index in [2.05, 4.69) is 5.32 Å². The Bertz CT molecular complexity index is 454. The second kappa shape index (κ2) is 5.85. The zero-order valence-corrected chi connectivity index (χ0v) is 9.83. The third-order valence-corrected chi connectivity index (χ3v) is 2.41. The first-order valence-corrected chi connectivity index (χ1v) is 5.27. The first kappa shape index (κ1) is 13.0. The van der Waals surface area contributed by atoms with E-state index in [1.807, 2.05) is 13.0 Å². The number of anilines is 1. The first-order valence-electron chi connectivity index (χ1n) is 5.27. The monoisotopic (exact) mass is 235 g/mol. The van der Waals surface area contributed by atoms with Crippen molar-refractivity contribution in [1.82, 2.24) is 5.32 Å². The van der Waals surface area contributed by atoms with Crippen LogP contribution in [-0.2, 0) is 4.79 Å². The summed E-state index contributed by atoms with van der Waals surface area (Å²) in [7, 11) is 1.53. The summed E-state index contributed by atoms with van der Waals surface area (Å²) in [6.45, 7) is 2.44. The van der Waals surface area contributed by atoms with Gasteiger partial charge in [0, 0.05) is 13.6 Å². The van der Waals surface area contributed by atoms with E-state index in [-0.39, 0.29) is 18.0 Å². The summed E-state index contributed by atoms with van der Waals surface area (Å²) < 4.78 is 13.7. The van der Waals surface area contributed by atoms with Crippen molar-refractivity contribution in [3.63, 3.8) is 0 Å². The third kappa shape index (κ3) is 3.18. The minimum Gasteiger partial charge on any atom is -0.360 e. The van der Waals surface area contributed by atoms with Gasteiger partial charge in [-0.1, -0.05) is 0 Å². The minimum absolute atomic E-state index is 0.0931. The van der Waals surface area contributed by atoms with E-state index >= 15 is 0 Å². The van der Waals surface area contributed by atoms with E-state index in [1.165, 1.54) is 25.2 Å². The van der Waals surface area contributed by atoms with Crippen molar-refractivity contribution >= 4 is 11.6 Å². The second-order valence-electron chi connectivity index (χ2n) is 3.47. The van der Waals surface area contributed by atoms with Gasteiger partial charge < -0.3 is 10.2 Å². The molecular weight excluding hydrogens is 221 g/mol. The summed E-state index contributed by atoms with van der Waals surface area (Å²) >= 11 is 0. The Balaban J connectivity index is 2.97. The molecule has 1 aromatic carbocycles. The zero-order valence-electron chi connectivity index (χ0n) is 9.83. The molecule has 0 spiro atoms. The van der Waals surface area contributed by atoms with Crippen molar-refractivity contribution in [3.05, 3.63) is 29.6 Å². The van der Waals surface area contributed by atoms with Gasteiger partial charge in [0.15, 0.2) is 0 Å². The molecule has 17 heavy (non-hydrogen) atoms. The number of halogens is 1. The Morgan fingerprint density at radius 1 is 1.59 bits per heavy atom. The predicted molar refractivity (Wildman–Crippen MR) is 63.1 cm³/mol. The maximum absolute atomic E-state index is 13.7. The largest absolute Gasteiger partial charge is 0.360 e. The molecule has 0 saturated carbocycles. The Hall–Kier alpha value is -2.09.